The quantitative estimate of drug-likeness (QED) is 0.736. The largest absolute Gasteiger partial charge is 0.368 e. The van der Waals surface area contributed by atoms with E-state index in [2.05, 4.69) is 22.0 Å². The molecule has 0 N–H and O–H groups in total. The topological polar surface area (TPSA) is 56.1 Å². The van der Waals surface area contributed by atoms with Crippen molar-refractivity contribution in [1.29, 1.82) is 5.26 Å². The van der Waals surface area contributed by atoms with E-state index in [0.717, 1.165) is 16.6 Å². The third-order valence-corrected chi connectivity index (χ3v) is 6.51. The van der Waals surface area contributed by atoms with Gasteiger partial charge in [-0.15, -0.1) is 21.5 Å². The van der Waals surface area contributed by atoms with E-state index >= 15 is 0 Å². The molecule has 0 amide bonds. The van der Waals surface area contributed by atoms with Crippen molar-refractivity contribution in [2.75, 3.05) is 24.5 Å². The first-order chi connectivity index (χ1) is 13.8. The summed E-state index contributed by atoms with van der Waals surface area (Å²) in [6.45, 7) is 6.68. The Morgan fingerprint density at radius 2 is 2.07 bits per heavy atom. The van der Waals surface area contributed by atoms with Crippen LogP contribution in [0.2, 0.25) is 0 Å². The predicted molar refractivity (Wildman–Crippen MR) is 105 cm³/mol. The Hall–Kier alpha value is -2.18. The number of rotatable bonds is 5. The lowest BCUT2D eigenvalue weighted by molar-refractivity contribution is 0.0989. The van der Waals surface area contributed by atoms with Crippen LogP contribution in [0.3, 0.4) is 0 Å². The zero-order valence-electron chi connectivity index (χ0n) is 16.3. The molecule has 2 aromatic rings. The van der Waals surface area contributed by atoms with Crippen LogP contribution in [0.25, 0.3) is 0 Å². The molecule has 1 saturated heterocycles. The molecule has 1 aliphatic carbocycles. The third-order valence-electron chi connectivity index (χ3n) is 5.69. The molecule has 1 aromatic heterocycles. The number of nitriles is 1. The molecule has 29 heavy (non-hydrogen) atoms. The van der Waals surface area contributed by atoms with Crippen LogP contribution in [0.1, 0.15) is 34.5 Å². The number of halogens is 3. The fraction of sp³-hybridized carbons (Fsp3) is 0.550. The molecule has 0 radical (unpaired) electrons. The molecule has 4 rings (SSSR count). The Morgan fingerprint density at radius 3 is 2.66 bits per heavy atom. The van der Waals surface area contributed by atoms with Crippen LogP contribution in [-0.2, 0) is 13.0 Å². The molecule has 1 aromatic carbocycles. The zero-order valence-corrected chi connectivity index (χ0v) is 17.1. The maximum absolute atomic E-state index is 14.5. The van der Waals surface area contributed by atoms with Crippen LogP contribution in [-0.4, -0.2) is 46.7 Å². The standard InChI is InChI=1S/C20H22F3N5S/c1-12-10-28(4-3-27(12)11-19-26-25-13(2)29-19)18-7-14(5-15-8-20(15,22)23)6-17(21)16(18)9-24/h6-7,12,15H,3-5,8,10-11H2,1-2H3/t12-,15+/m0/s1. The Labute approximate surface area is 171 Å². The van der Waals surface area contributed by atoms with Crippen molar-refractivity contribution in [2.45, 2.75) is 45.2 Å². The number of piperazine rings is 1. The number of hydrogen-bond acceptors (Lipinski definition) is 6. The van der Waals surface area contributed by atoms with E-state index in [1.165, 1.54) is 6.07 Å². The number of alkyl halides is 2. The van der Waals surface area contributed by atoms with Gasteiger partial charge in [0.2, 0.25) is 0 Å². The van der Waals surface area contributed by atoms with Gasteiger partial charge >= 0.3 is 0 Å². The first kappa shape index (κ1) is 20.1. The van der Waals surface area contributed by atoms with Gasteiger partial charge in [0, 0.05) is 38.0 Å². The van der Waals surface area contributed by atoms with Gasteiger partial charge in [0.25, 0.3) is 5.92 Å². The molecule has 154 valence electrons. The summed E-state index contributed by atoms with van der Waals surface area (Å²) in [5.41, 5.74) is 1.01. The highest BCUT2D eigenvalue weighted by Crippen LogP contribution is 2.50. The molecule has 5 nitrogen and oxygen atoms in total. The lowest BCUT2D eigenvalue weighted by Gasteiger charge is -2.41. The fourth-order valence-electron chi connectivity index (χ4n) is 3.92. The van der Waals surface area contributed by atoms with Gasteiger partial charge in [-0.05, 0) is 38.0 Å². The SMILES string of the molecule is Cc1nnc(CN2CCN(c3cc(C[C@@H]4CC4(F)F)cc(F)c3C#N)C[C@@H]2C)s1. The van der Waals surface area contributed by atoms with Gasteiger partial charge in [0.15, 0.2) is 0 Å². The first-order valence-electron chi connectivity index (χ1n) is 9.65. The minimum Gasteiger partial charge on any atom is -0.368 e. The second-order valence-electron chi connectivity index (χ2n) is 7.93. The Bertz CT molecular complexity index is 954. The van der Waals surface area contributed by atoms with Crippen LogP contribution < -0.4 is 4.90 Å². The van der Waals surface area contributed by atoms with E-state index in [1.54, 1.807) is 17.4 Å². The van der Waals surface area contributed by atoms with Crippen LogP contribution in [0.4, 0.5) is 18.9 Å². The molecule has 2 heterocycles. The minimum absolute atomic E-state index is 0.0169. The monoisotopic (exact) mass is 421 g/mol. The summed E-state index contributed by atoms with van der Waals surface area (Å²) in [5, 5.41) is 19.6. The van der Waals surface area contributed by atoms with E-state index in [4.69, 9.17) is 0 Å². The summed E-state index contributed by atoms with van der Waals surface area (Å²) in [5.74, 6) is -4.01. The van der Waals surface area contributed by atoms with Gasteiger partial charge in [-0.25, -0.2) is 13.2 Å². The fourth-order valence-corrected chi connectivity index (χ4v) is 4.66. The molecule has 0 unspecified atom stereocenters. The van der Waals surface area contributed by atoms with Gasteiger partial charge in [-0.3, -0.25) is 4.90 Å². The number of aryl methyl sites for hydroxylation is 1. The van der Waals surface area contributed by atoms with Crippen molar-refractivity contribution < 1.29 is 13.2 Å². The molecule has 1 aliphatic heterocycles. The Kier molecular flexibility index (Phi) is 5.25. The van der Waals surface area contributed by atoms with E-state index in [1.807, 2.05) is 17.9 Å². The van der Waals surface area contributed by atoms with Crippen molar-refractivity contribution in [3.05, 3.63) is 39.1 Å². The van der Waals surface area contributed by atoms with Gasteiger partial charge in [-0.1, -0.05) is 0 Å². The van der Waals surface area contributed by atoms with Crippen molar-refractivity contribution in [1.82, 2.24) is 15.1 Å². The molecular formula is C20H22F3N5S. The van der Waals surface area contributed by atoms with Gasteiger partial charge in [-0.2, -0.15) is 5.26 Å². The van der Waals surface area contributed by atoms with Crippen LogP contribution in [0.15, 0.2) is 12.1 Å². The van der Waals surface area contributed by atoms with Gasteiger partial charge in [0.05, 0.1) is 12.2 Å². The maximum atomic E-state index is 14.5. The molecule has 2 aliphatic rings. The van der Waals surface area contributed by atoms with Gasteiger partial charge in [0.1, 0.15) is 27.5 Å². The van der Waals surface area contributed by atoms with Crippen molar-refractivity contribution in [2.24, 2.45) is 5.92 Å². The summed E-state index contributed by atoms with van der Waals surface area (Å²) in [4.78, 5) is 4.27. The summed E-state index contributed by atoms with van der Waals surface area (Å²) in [7, 11) is 0. The highest BCUT2D eigenvalue weighted by Gasteiger charge is 2.56. The Morgan fingerprint density at radius 1 is 1.31 bits per heavy atom. The maximum Gasteiger partial charge on any atom is 0.251 e. The van der Waals surface area contributed by atoms with E-state index in [0.29, 0.717) is 30.9 Å². The molecule has 9 heteroatoms. The molecule has 2 atom stereocenters. The highest BCUT2D eigenvalue weighted by molar-refractivity contribution is 7.11. The first-order valence-corrected chi connectivity index (χ1v) is 10.5. The van der Waals surface area contributed by atoms with Crippen LogP contribution in [0.5, 0.6) is 0 Å². The van der Waals surface area contributed by atoms with Gasteiger partial charge < -0.3 is 4.90 Å². The highest BCUT2D eigenvalue weighted by atomic mass is 32.1. The minimum atomic E-state index is -2.65. The predicted octanol–water partition coefficient (Wildman–Crippen LogP) is 3.77. The lowest BCUT2D eigenvalue weighted by atomic mass is 10.0. The smallest absolute Gasteiger partial charge is 0.251 e. The molecule has 1 saturated carbocycles. The van der Waals surface area contributed by atoms with Crippen molar-refractivity contribution >= 4 is 17.0 Å². The zero-order chi connectivity index (χ0) is 20.8. The number of anilines is 1. The molecule has 0 bridgehead atoms. The van der Waals surface area contributed by atoms with Crippen molar-refractivity contribution in [3.63, 3.8) is 0 Å². The van der Waals surface area contributed by atoms with Crippen molar-refractivity contribution in [3.8, 4) is 6.07 Å². The number of hydrogen-bond donors (Lipinski definition) is 0. The number of nitrogens with zero attached hydrogens (tertiary/aromatic N) is 5. The molecule has 0 spiro atoms. The summed E-state index contributed by atoms with van der Waals surface area (Å²) in [6, 6.07) is 5.06. The summed E-state index contributed by atoms with van der Waals surface area (Å²) < 4.78 is 41.1. The summed E-state index contributed by atoms with van der Waals surface area (Å²) >= 11 is 1.57. The Balaban J connectivity index is 1.50. The second kappa shape index (κ2) is 7.58. The summed E-state index contributed by atoms with van der Waals surface area (Å²) in [6.07, 6.45) is -0.0146. The van der Waals surface area contributed by atoms with E-state index in [-0.39, 0.29) is 24.4 Å². The van der Waals surface area contributed by atoms with E-state index in [9.17, 15) is 18.4 Å². The number of aromatic nitrogens is 2. The van der Waals surface area contributed by atoms with E-state index < -0.39 is 17.7 Å². The average molecular weight is 421 g/mol. The lowest BCUT2D eigenvalue weighted by Crippen LogP contribution is -2.51. The normalized spacial score (nSPS) is 23.8. The molecule has 2 fully saturated rings. The van der Waals surface area contributed by atoms with Crippen LogP contribution in [0, 0.1) is 30.0 Å². The average Bonchev–Trinajstić information content (AvgIpc) is 3.05. The third kappa shape index (κ3) is 4.23. The molecular weight excluding hydrogens is 399 g/mol. The second-order valence-corrected chi connectivity index (χ2v) is 9.20. The van der Waals surface area contributed by atoms with Crippen LogP contribution >= 0.6 is 11.3 Å². The number of benzene rings is 1.